The van der Waals surface area contributed by atoms with Crippen LogP contribution >= 0.6 is 11.6 Å². The molecule has 3 aromatic heterocycles. The number of benzene rings is 1. The molecule has 8 nitrogen and oxygen atoms in total. The van der Waals surface area contributed by atoms with E-state index in [0.717, 1.165) is 24.6 Å². The van der Waals surface area contributed by atoms with Crippen molar-refractivity contribution in [2.75, 3.05) is 12.4 Å². The van der Waals surface area contributed by atoms with E-state index in [4.69, 9.17) is 16.3 Å². The number of hydrogen-bond donors (Lipinski definition) is 1. The van der Waals surface area contributed by atoms with Crippen LogP contribution in [0, 0.1) is 0 Å². The Balaban J connectivity index is 1.35. The fraction of sp³-hybridized carbons (Fsp3) is 0.304. The van der Waals surface area contributed by atoms with E-state index < -0.39 is 11.9 Å². The second-order valence-electron chi connectivity index (χ2n) is 8.24. The van der Waals surface area contributed by atoms with Crippen molar-refractivity contribution in [3.8, 4) is 28.7 Å². The largest absolute Gasteiger partial charge is 0.491 e. The molecule has 0 spiro atoms. The summed E-state index contributed by atoms with van der Waals surface area (Å²) in [6.45, 7) is 0.400. The summed E-state index contributed by atoms with van der Waals surface area (Å²) in [4.78, 5) is 12.8. The first-order valence-corrected chi connectivity index (χ1v) is 11.2. The molecule has 0 atom stereocenters. The van der Waals surface area contributed by atoms with E-state index in [2.05, 4.69) is 25.4 Å². The van der Waals surface area contributed by atoms with Gasteiger partial charge in [0, 0.05) is 25.4 Å². The summed E-state index contributed by atoms with van der Waals surface area (Å²) in [5, 5.41) is 8.08. The van der Waals surface area contributed by atoms with Gasteiger partial charge in [0.1, 0.15) is 11.5 Å². The molecule has 0 amide bonds. The number of aromatic nitrogens is 6. The summed E-state index contributed by atoms with van der Waals surface area (Å²) in [6.07, 6.45) is 1.74. The Kier molecular flexibility index (Phi) is 5.87. The summed E-state index contributed by atoms with van der Waals surface area (Å²) in [5.74, 6) is 1.63. The quantitative estimate of drug-likeness (QED) is 0.365. The van der Waals surface area contributed by atoms with Crippen molar-refractivity contribution in [2.45, 2.75) is 31.6 Å². The highest BCUT2D eigenvalue weighted by atomic mass is 35.5. The molecule has 1 fully saturated rings. The number of anilines is 1. The molecule has 35 heavy (non-hydrogen) atoms. The Bertz CT molecular complexity index is 1360. The maximum atomic E-state index is 13.0. The topological polar surface area (TPSA) is 82.7 Å². The third-order valence-electron chi connectivity index (χ3n) is 5.67. The lowest BCUT2D eigenvalue weighted by atomic mass is 10.1. The summed E-state index contributed by atoms with van der Waals surface area (Å²) < 4.78 is 47.5. The number of rotatable bonds is 7. The smallest absolute Gasteiger partial charge is 0.434 e. The lowest BCUT2D eigenvalue weighted by Gasteiger charge is -2.12. The SMILES string of the molecule is COc1cnc(-c2c(Cl)cnn2C2CC2)nc1NCc1ccc(-c2nc(C(F)(F)F)cn2C)cc1. The first-order chi connectivity index (χ1) is 16.7. The number of hydrogen-bond acceptors (Lipinski definition) is 6. The molecule has 1 aliphatic carbocycles. The molecule has 1 aromatic carbocycles. The average molecular weight is 504 g/mol. The highest BCUT2D eigenvalue weighted by molar-refractivity contribution is 6.32. The Labute approximate surface area is 203 Å². The van der Waals surface area contributed by atoms with Crippen LogP contribution in [-0.2, 0) is 19.8 Å². The van der Waals surface area contributed by atoms with E-state index in [1.165, 1.54) is 18.7 Å². The highest BCUT2D eigenvalue weighted by Gasteiger charge is 2.34. The van der Waals surface area contributed by atoms with Crippen molar-refractivity contribution in [1.29, 1.82) is 0 Å². The van der Waals surface area contributed by atoms with Crippen LogP contribution in [0.2, 0.25) is 5.02 Å². The zero-order valence-electron chi connectivity index (χ0n) is 18.8. The second kappa shape index (κ2) is 8.88. The number of nitrogens with one attached hydrogen (secondary N) is 1. The van der Waals surface area contributed by atoms with E-state index in [1.807, 2.05) is 16.8 Å². The molecule has 4 aromatic rings. The molecule has 182 valence electrons. The van der Waals surface area contributed by atoms with E-state index >= 15 is 0 Å². The van der Waals surface area contributed by atoms with E-state index in [-0.39, 0.29) is 5.82 Å². The zero-order chi connectivity index (χ0) is 24.7. The van der Waals surface area contributed by atoms with Crippen molar-refractivity contribution in [3.63, 3.8) is 0 Å². The second-order valence-corrected chi connectivity index (χ2v) is 8.64. The maximum Gasteiger partial charge on any atom is 0.434 e. The molecule has 1 saturated carbocycles. The maximum absolute atomic E-state index is 13.0. The monoisotopic (exact) mass is 503 g/mol. The van der Waals surface area contributed by atoms with Crippen LogP contribution in [0.25, 0.3) is 22.9 Å². The lowest BCUT2D eigenvalue weighted by molar-refractivity contribution is -0.140. The van der Waals surface area contributed by atoms with Gasteiger partial charge in [-0.3, -0.25) is 4.68 Å². The molecule has 0 saturated heterocycles. The molecular formula is C23H21ClF3N7O. The number of aryl methyl sites for hydroxylation is 1. The van der Waals surface area contributed by atoms with Gasteiger partial charge >= 0.3 is 6.18 Å². The van der Waals surface area contributed by atoms with Crippen LogP contribution in [0.5, 0.6) is 5.75 Å². The lowest BCUT2D eigenvalue weighted by Crippen LogP contribution is -2.07. The summed E-state index contributed by atoms with van der Waals surface area (Å²) in [7, 11) is 3.06. The highest BCUT2D eigenvalue weighted by Crippen LogP contribution is 2.40. The Hall–Kier alpha value is -3.60. The molecule has 0 radical (unpaired) electrons. The fourth-order valence-corrected chi connectivity index (χ4v) is 3.95. The van der Waals surface area contributed by atoms with Crippen molar-refractivity contribution < 1.29 is 17.9 Å². The molecule has 0 aliphatic heterocycles. The predicted octanol–water partition coefficient (Wildman–Crippen LogP) is 5.37. The molecule has 1 N–H and O–H groups in total. The van der Waals surface area contributed by atoms with Gasteiger partial charge in [-0.25, -0.2) is 15.0 Å². The van der Waals surface area contributed by atoms with Gasteiger partial charge in [-0.1, -0.05) is 35.9 Å². The van der Waals surface area contributed by atoms with Crippen molar-refractivity contribution in [3.05, 3.63) is 59.1 Å². The van der Waals surface area contributed by atoms with E-state index in [0.29, 0.717) is 46.3 Å². The predicted molar refractivity (Wildman–Crippen MR) is 124 cm³/mol. The molecule has 5 rings (SSSR count). The summed E-state index contributed by atoms with van der Waals surface area (Å²) in [5.41, 5.74) is 1.21. The van der Waals surface area contributed by atoms with Crippen molar-refractivity contribution >= 4 is 17.4 Å². The Morgan fingerprint density at radius 1 is 1.14 bits per heavy atom. The van der Waals surface area contributed by atoms with Gasteiger partial charge < -0.3 is 14.6 Å². The van der Waals surface area contributed by atoms with Crippen LogP contribution in [0.1, 0.15) is 30.1 Å². The van der Waals surface area contributed by atoms with Crippen LogP contribution in [0.3, 0.4) is 0 Å². The third kappa shape index (κ3) is 4.68. The van der Waals surface area contributed by atoms with Gasteiger partial charge in [0.05, 0.1) is 30.6 Å². The fourth-order valence-electron chi connectivity index (χ4n) is 3.74. The van der Waals surface area contributed by atoms with Crippen LogP contribution < -0.4 is 10.1 Å². The van der Waals surface area contributed by atoms with E-state index in [1.54, 1.807) is 24.5 Å². The Morgan fingerprint density at radius 3 is 2.51 bits per heavy atom. The molecule has 1 aliphatic rings. The molecule has 0 bridgehead atoms. The van der Waals surface area contributed by atoms with Gasteiger partial charge in [0.15, 0.2) is 23.1 Å². The standard InChI is InChI=1S/C23H21ClF3N7O/c1-33-12-18(23(25,26)27)31-22(33)14-5-3-13(4-6-14)9-28-20-17(35-2)11-29-21(32-20)19-16(24)10-30-34(19)15-7-8-15/h3-6,10-12,15H,7-9H2,1-2H3,(H,28,29,32). The normalized spacial score (nSPS) is 13.8. The Morgan fingerprint density at radius 2 is 1.89 bits per heavy atom. The minimum atomic E-state index is -4.49. The minimum absolute atomic E-state index is 0.239. The van der Waals surface area contributed by atoms with E-state index in [9.17, 15) is 13.2 Å². The number of alkyl halides is 3. The minimum Gasteiger partial charge on any atom is -0.491 e. The average Bonchev–Trinajstić information content (AvgIpc) is 3.49. The van der Waals surface area contributed by atoms with Gasteiger partial charge in [-0.2, -0.15) is 18.3 Å². The van der Waals surface area contributed by atoms with Crippen LogP contribution in [0.15, 0.2) is 42.9 Å². The molecule has 3 heterocycles. The number of ether oxygens (including phenoxy) is 1. The zero-order valence-corrected chi connectivity index (χ0v) is 19.6. The van der Waals surface area contributed by atoms with Crippen molar-refractivity contribution in [1.82, 2.24) is 29.3 Å². The number of methoxy groups -OCH3 is 1. The number of halogens is 4. The summed E-state index contributed by atoms with van der Waals surface area (Å²) in [6, 6.07) is 7.41. The van der Waals surface area contributed by atoms with Crippen molar-refractivity contribution in [2.24, 2.45) is 7.05 Å². The number of imidazole rings is 1. The van der Waals surface area contributed by atoms with Gasteiger partial charge in [-0.15, -0.1) is 0 Å². The van der Waals surface area contributed by atoms with Crippen LogP contribution in [-0.4, -0.2) is 36.4 Å². The molecular weight excluding hydrogens is 483 g/mol. The third-order valence-corrected chi connectivity index (χ3v) is 5.95. The van der Waals surface area contributed by atoms with Crippen LogP contribution in [0.4, 0.5) is 19.0 Å². The van der Waals surface area contributed by atoms with Gasteiger partial charge in [-0.05, 0) is 18.4 Å². The first-order valence-electron chi connectivity index (χ1n) is 10.8. The molecule has 0 unspecified atom stereocenters. The van der Waals surface area contributed by atoms with Gasteiger partial charge in [0.25, 0.3) is 0 Å². The first kappa shape index (κ1) is 23.2. The molecule has 12 heteroatoms. The van der Waals surface area contributed by atoms with Gasteiger partial charge in [0.2, 0.25) is 0 Å². The summed E-state index contributed by atoms with van der Waals surface area (Å²) >= 11 is 6.37. The number of nitrogens with zero attached hydrogens (tertiary/aromatic N) is 6.